The molecule has 0 aliphatic rings. The molecule has 1 N–H and O–H groups in total. The minimum Gasteiger partial charge on any atom is -0.490 e. The number of rotatable bonds is 6. The normalized spacial score (nSPS) is 11.6. The van der Waals surface area contributed by atoms with Crippen LogP contribution in [0.4, 0.5) is 0 Å². The van der Waals surface area contributed by atoms with Crippen LogP contribution >= 0.6 is 15.9 Å². The second-order valence-electron chi connectivity index (χ2n) is 4.57. The summed E-state index contributed by atoms with van der Waals surface area (Å²) in [5.41, 5.74) is 1.88. The van der Waals surface area contributed by atoms with Gasteiger partial charge in [0.15, 0.2) is 1.41 Å². The molecule has 5 heteroatoms. The minimum atomic E-state index is 0.457. The predicted molar refractivity (Wildman–Crippen MR) is 85.4 cm³/mol. The van der Waals surface area contributed by atoms with Crippen molar-refractivity contribution in [2.75, 3.05) is 13.2 Å². The Morgan fingerprint density at radius 1 is 1.19 bits per heavy atom. The van der Waals surface area contributed by atoms with E-state index in [1.165, 1.54) is 0 Å². The maximum absolute atomic E-state index is 7.47. The van der Waals surface area contributed by atoms with Crippen LogP contribution < -0.4 is 4.74 Å². The van der Waals surface area contributed by atoms with Crippen LogP contribution in [0.3, 0.4) is 0 Å². The first-order valence-corrected chi connectivity index (χ1v) is 7.44. The molecule has 1 aromatic heterocycles. The van der Waals surface area contributed by atoms with E-state index in [1.807, 2.05) is 42.5 Å². The molecule has 0 saturated heterocycles. The largest absolute Gasteiger partial charge is 0.490 e. The zero-order chi connectivity index (χ0) is 15.4. The Kier molecular flexibility index (Phi) is 4.12. The van der Waals surface area contributed by atoms with Crippen molar-refractivity contribution in [3.05, 3.63) is 58.7 Å². The zero-order valence-electron chi connectivity index (χ0n) is 12.3. The van der Waals surface area contributed by atoms with E-state index < -0.39 is 0 Å². The number of ether oxygens (including phenoxy) is 2. The quantitative estimate of drug-likeness (QED) is 0.687. The van der Waals surface area contributed by atoms with E-state index in [0.29, 0.717) is 25.6 Å². The van der Waals surface area contributed by atoms with Crippen LogP contribution in [0.1, 0.15) is 5.56 Å². The van der Waals surface area contributed by atoms with Gasteiger partial charge in [0.2, 0.25) is 0 Å². The van der Waals surface area contributed by atoms with Gasteiger partial charge in [0.1, 0.15) is 12.4 Å². The molecule has 4 nitrogen and oxygen atoms in total. The first-order valence-electron chi connectivity index (χ1n) is 7.10. The molecule has 0 atom stereocenters. The highest BCUT2D eigenvalue weighted by Gasteiger charge is 2.05. The van der Waals surface area contributed by atoms with Crippen LogP contribution in [0.15, 0.2) is 53.1 Å². The van der Waals surface area contributed by atoms with Crippen molar-refractivity contribution in [1.82, 2.24) is 10.2 Å². The highest BCUT2D eigenvalue weighted by atomic mass is 79.9. The summed E-state index contributed by atoms with van der Waals surface area (Å²) >= 11 is 3.47. The minimum absolute atomic E-state index is 0.457. The maximum Gasteiger partial charge on any atom is 0.189 e. The number of hydrogen-bond acceptors (Lipinski definition) is 3. The Labute approximate surface area is 132 Å². The number of nitrogens with one attached hydrogen (secondary N) is 1. The van der Waals surface area contributed by atoms with E-state index in [4.69, 9.17) is 10.9 Å². The molecule has 2 aromatic carbocycles. The molecule has 3 rings (SSSR count). The number of fused-ring (bicyclic) bond motifs is 1. The summed E-state index contributed by atoms with van der Waals surface area (Å²) in [5, 5.41) is 5.99. The van der Waals surface area contributed by atoms with E-state index in [0.717, 1.165) is 26.0 Å². The van der Waals surface area contributed by atoms with Gasteiger partial charge in [-0.25, -0.2) is 0 Å². The number of aromatic nitrogens is 2. The van der Waals surface area contributed by atoms with Gasteiger partial charge in [-0.15, -0.1) is 0 Å². The average Bonchev–Trinajstić information content (AvgIpc) is 2.87. The summed E-state index contributed by atoms with van der Waals surface area (Å²) in [6.45, 7) is 1.54. The second-order valence-corrected chi connectivity index (χ2v) is 5.43. The Morgan fingerprint density at radius 2 is 2.05 bits per heavy atom. The van der Waals surface area contributed by atoms with Crippen molar-refractivity contribution in [1.29, 1.82) is 0 Å². The fourth-order valence-electron chi connectivity index (χ4n) is 1.99. The predicted octanol–water partition coefficient (Wildman–Crippen LogP) is 3.92. The third-order valence-electron chi connectivity index (χ3n) is 3.04. The monoisotopic (exact) mass is 347 g/mol. The lowest BCUT2D eigenvalue weighted by atomic mass is 10.2. The maximum atomic E-state index is 7.47. The Hall–Kier alpha value is -1.85. The smallest absolute Gasteiger partial charge is 0.189 e. The molecule has 1 heterocycles. The standard InChI is InChI=1S/C16H15BrN2O2/c17-14-8-13-10-18-19-15(13)9-16(14)21-7-6-20-11-12-4-2-1-3-5-12/h1-5,8-10H,6-7,11H2,(H,18,19)/i/hD. The SMILES string of the molecule is [2H]n1cc2cc(Br)c(OCCOCc3ccccc3)cc2n1. The molecule has 0 bridgehead atoms. The number of benzene rings is 2. The van der Waals surface area contributed by atoms with E-state index in [-0.39, 0.29) is 0 Å². The Morgan fingerprint density at radius 3 is 2.90 bits per heavy atom. The van der Waals surface area contributed by atoms with Gasteiger partial charge in [-0.3, -0.25) is 5.09 Å². The molecule has 0 radical (unpaired) electrons. The van der Waals surface area contributed by atoms with Gasteiger partial charge in [0, 0.05) is 17.6 Å². The van der Waals surface area contributed by atoms with Crippen molar-refractivity contribution in [2.24, 2.45) is 0 Å². The summed E-state index contributed by atoms with van der Waals surface area (Å²) in [7, 11) is 0. The molecule has 108 valence electrons. The molecular weight excluding hydrogens is 332 g/mol. The van der Waals surface area contributed by atoms with Gasteiger partial charge in [0.25, 0.3) is 0 Å². The number of nitrogens with zero attached hydrogens (tertiary/aromatic N) is 1. The Bertz CT molecular complexity index is 761. The average molecular weight is 348 g/mol. The van der Waals surface area contributed by atoms with Crippen LogP contribution in [-0.2, 0) is 11.3 Å². The van der Waals surface area contributed by atoms with E-state index >= 15 is 0 Å². The summed E-state index contributed by atoms with van der Waals surface area (Å²) in [4.78, 5) is 0. The van der Waals surface area contributed by atoms with Crippen LogP contribution in [0.25, 0.3) is 10.9 Å². The lowest BCUT2D eigenvalue weighted by molar-refractivity contribution is 0.0887. The fourth-order valence-corrected chi connectivity index (χ4v) is 2.46. The third-order valence-corrected chi connectivity index (χ3v) is 3.66. The van der Waals surface area contributed by atoms with Crippen molar-refractivity contribution in [2.45, 2.75) is 6.61 Å². The number of hydrogen-bond donors (Lipinski definition) is 1. The van der Waals surface area contributed by atoms with E-state index in [1.54, 1.807) is 6.20 Å². The van der Waals surface area contributed by atoms with Crippen LogP contribution in [0.5, 0.6) is 5.75 Å². The second kappa shape index (κ2) is 6.74. The summed E-state index contributed by atoms with van der Waals surface area (Å²) in [5.74, 6) is 0.703. The summed E-state index contributed by atoms with van der Waals surface area (Å²) < 4.78 is 19.6. The van der Waals surface area contributed by atoms with Crippen LogP contribution in [0.2, 0.25) is 1.41 Å². The lowest BCUT2D eigenvalue weighted by Crippen LogP contribution is -2.07. The van der Waals surface area contributed by atoms with Gasteiger partial charge in [-0.2, -0.15) is 5.10 Å². The van der Waals surface area contributed by atoms with Crippen LogP contribution in [0, 0.1) is 0 Å². The molecule has 0 fully saturated rings. The number of H-pyrrole nitrogens is 1. The van der Waals surface area contributed by atoms with Gasteiger partial charge >= 0.3 is 0 Å². The highest BCUT2D eigenvalue weighted by Crippen LogP contribution is 2.29. The Balaban J connectivity index is 1.52. The molecule has 0 aliphatic carbocycles. The molecule has 0 spiro atoms. The summed E-state index contributed by atoms with van der Waals surface area (Å²) in [6, 6.07) is 13.7. The topological polar surface area (TPSA) is 47.1 Å². The number of aromatic amines is 1. The van der Waals surface area contributed by atoms with Crippen LogP contribution in [-0.4, -0.2) is 23.4 Å². The molecule has 0 amide bonds. The van der Waals surface area contributed by atoms with Gasteiger partial charge in [-0.1, -0.05) is 30.3 Å². The van der Waals surface area contributed by atoms with Gasteiger partial charge in [-0.05, 0) is 27.6 Å². The number of halogens is 1. The van der Waals surface area contributed by atoms with Gasteiger partial charge < -0.3 is 9.47 Å². The lowest BCUT2D eigenvalue weighted by Gasteiger charge is -2.09. The first kappa shape index (κ1) is 12.9. The highest BCUT2D eigenvalue weighted by molar-refractivity contribution is 9.10. The first-order chi connectivity index (χ1) is 10.7. The third kappa shape index (κ3) is 3.62. The molecule has 0 unspecified atom stereocenters. The summed E-state index contributed by atoms with van der Waals surface area (Å²) in [6.07, 6.45) is 1.65. The molecule has 0 aliphatic heterocycles. The zero-order valence-corrected chi connectivity index (χ0v) is 12.9. The van der Waals surface area contributed by atoms with E-state index in [9.17, 15) is 0 Å². The fraction of sp³-hybridized carbons (Fsp3) is 0.188. The molecule has 0 saturated carbocycles. The van der Waals surface area contributed by atoms with Crippen molar-refractivity contribution in [3.63, 3.8) is 0 Å². The van der Waals surface area contributed by atoms with E-state index in [2.05, 4.69) is 21.0 Å². The van der Waals surface area contributed by atoms with Gasteiger partial charge in [0.05, 0.1) is 23.2 Å². The van der Waals surface area contributed by atoms with Crippen molar-refractivity contribution < 1.29 is 10.9 Å². The van der Waals surface area contributed by atoms with Crippen molar-refractivity contribution in [3.8, 4) is 5.75 Å². The molecule has 3 aromatic rings. The molecule has 21 heavy (non-hydrogen) atoms. The molecular formula is C16H15BrN2O2. The van der Waals surface area contributed by atoms with Crippen molar-refractivity contribution >= 4 is 26.8 Å².